The number of ether oxygens (including phenoxy) is 2. The summed E-state index contributed by atoms with van der Waals surface area (Å²) in [6.45, 7) is 0.832. The first-order chi connectivity index (χ1) is 39.3. The minimum atomic E-state index is -5.70. The fourth-order valence-corrected chi connectivity index (χ4v) is 12.3. The first-order valence-corrected chi connectivity index (χ1v) is 29.4. The molecule has 11 rings (SSSR count). The van der Waals surface area contributed by atoms with Crippen LogP contribution in [0.4, 0.5) is 13.2 Å². The van der Waals surface area contributed by atoms with Gasteiger partial charge in [0.2, 0.25) is 0 Å². The number of nitrogens with zero attached hydrogens (tertiary/aromatic N) is 2. The van der Waals surface area contributed by atoms with E-state index in [1.165, 1.54) is 85.8 Å². The van der Waals surface area contributed by atoms with Gasteiger partial charge in [0.15, 0.2) is 0 Å². The summed E-state index contributed by atoms with van der Waals surface area (Å²) in [6.07, 6.45) is 18.1. The van der Waals surface area contributed by atoms with Crippen molar-refractivity contribution in [1.82, 2.24) is 9.97 Å². The number of alkyl halides is 3. The van der Waals surface area contributed by atoms with Crippen LogP contribution in [-0.4, -0.2) is 39.2 Å². The van der Waals surface area contributed by atoms with Crippen LogP contribution in [0.1, 0.15) is 140 Å². The second-order valence-corrected chi connectivity index (χ2v) is 22.8. The second kappa shape index (κ2) is 27.6. The van der Waals surface area contributed by atoms with E-state index in [0.29, 0.717) is 65.8 Å². The molecule has 2 atom stereocenters. The number of rotatable bonds is 17. The highest BCUT2D eigenvalue weighted by atomic mass is 32.2. The van der Waals surface area contributed by atoms with Gasteiger partial charge in [0.05, 0.1) is 11.4 Å². The van der Waals surface area contributed by atoms with Crippen molar-refractivity contribution in [2.45, 2.75) is 114 Å². The van der Waals surface area contributed by atoms with Gasteiger partial charge in [-0.1, -0.05) is 123 Å². The van der Waals surface area contributed by atoms with E-state index in [2.05, 4.69) is 50.5 Å². The highest BCUT2D eigenvalue weighted by Crippen LogP contribution is 2.45. The summed E-state index contributed by atoms with van der Waals surface area (Å²) in [5.41, 5.74) is 3.33. The Morgan fingerprint density at radius 3 is 0.938 bits per heavy atom. The van der Waals surface area contributed by atoms with E-state index in [9.17, 15) is 36.9 Å². The maximum Gasteiger partial charge on any atom is 0.534 e. The Balaban J connectivity index is 0.000000152. The molecule has 3 N–H and O–H groups in total. The highest BCUT2D eigenvalue weighted by Gasteiger charge is 2.48. The quantitative estimate of drug-likeness (QED) is 0.0594. The topological polar surface area (TPSA) is 148 Å². The van der Waals surface area contributed by atoms with Gasteiger partial charge in [0.25, 0.3) is 0 Å². The van der Waals surface area contributed by atoms with E-state index >= 15 is 0 Å². The van der Waals surface area contributed by atoms with Gasteiger partial charge in [-0.25, -0.2) is 0 Å². The summed E-state index contributed by atoms with van der Waals surface area (Å²) < 4.78 is 76.3. The summed E-state index contributed by atoms with van der Waals surface area (Å²) in [6, 6.07) is 56.4. The molecule has 0 bridgehead atoms. The Hall–Kier alpha value is -7.84. The number of aromatic hydroxyl groups is 3. The number of hydrogen-bond acceptors (Lipinski definition) is 10. The van der Waals surface area contributed by atoms with Crippen LogP contribution in [0.15, 0.2) is 194 Å². The van der Waals surface area contributed by atoms with Crippen LogP contribution >= 0.6 is 0 Å². The van der Waals surface area contributed by atoms with E-state index in [1.54, 1.807) is 60.9 Å². The molecule has 0 radical (unpaired) electrons. The molecule has 3 aliphatic rings. The molecular formula is C67H69F3N2O8S. The zero-order chi connectivity index (χ0) is 56.6. The Labute approximate surface area is 473 Å². The zero-order valence-corrected chi connectivity index (χ0v) is 46.0. The Bertz CT molecular complexity index is 3220. The molecule has 6 aromatic carbocycles. The molecule has 8 aromatic rings. The molecule has 0 amide bonds. The molecule has 0 saturated heterocycles. The first kappa shape index (κ1) is 57.8. The lowest BCUT2D eigenvalue weighted by Crippen LogP contribution is -2.28. The molecule has 81 heavy (non-hydrogen) atoms. The Morgan fingerprint density at radius 1 is 0.407 bits per heavy atom. The smallest absolute Gasteiger partial charge is 0.508 e. The van der Waals surface area contributed by atoms with Crippen molar-refractivity contribution in [3.63, 3.8) is 0 Å². The van der Waals surface area contributed by atoms with Gasteiger partial charge in [0, 0.05) is 30.1 Å². The molecule has 422 valence electrons. The average Bonchev–Trinajstić information content (AvgIpc) is 4.34. The fourth-order valence-electron chi connectivity index (χ4n) is 11.9. The van der Waals surface area contributed by atoms with Gasteiger partial charge in [-0.05, 0) is 187 Å². The molecule has 2 unspecified atom stereocenters. The fraction of sp³-hybridized carbons (Fsp3) is 0.313. The molecule has 14 heteroatoms. The molecule has 3 fully saturated rings. The van der Waals surface area contributed by atoms with E-state index < -0.39 is 15.6 Å². The van der Waals surface area contributed by atoms with Crippen LogP contribution in [0.3, 0.4) is 0 Å². The van der Waals surface area contributed by atoms with Crippen LogP contribution in [0.2, 0.25) is 0 Å². The van der Waals surface area contributed by atoms with Crippen molar-refractivity contribution in [2.24, 2.45) is 17.8 Å². The van der Waals surface area contributed by atoms with Crippen molar-refractivity contribution in [2.75, 3.05) is 0 Å². The third kappa shape index (κ3) is 16.0. The third-order valence-electron chi connectivity index (χ3n) is 15.8. The van der Waals surface area contributed by atoms with E-state index in [4.69, 9.17) is 9.47 Å². The van der Waals surface area contributed by atoms with Crippen molar-refractivity contribution in [1.29, 1.82) is 0 Å². The van der Waals surface area contributed by atoms with E-state index in [0.717, 1.165) is 53.9 Å². The highest BCUT2D eigenvalue weighted by molar-refractivity contribution is 7.88. The molecule has 2 heterocycles. The zero-order valence-electron chi connectivity index (χ0n) is 45.2. The first-order valence-electron chi connectivity index (χ1n) is 28.0. The number of pyridine rings is 2. The van der Waals surface area contributed by atoms with E-state index in [-0.39, 0.29) is 11.7 Å². The molecule has 0 spiro atoms. The van der Waals surface area contributed by atoms with Gasteiger partial charge in [0.1, 0.15) is 47.7 Å². The van der Waals surface area contributed by atoms with Crippen LogP contribution in [-0.2, 0) is 23.3 Å². The summed E-state index contributed by atoms with van der Waals surface area (Å²) in [5.74, 6) is 4.60. The molecule has 3 saturated carbocycles. The number of phenolic OH excluding ortho intramolecular Hbond substituents is 3. The van der Waals surface area contributed by atoms with Gasteiger partial charge in [-0.15, -0.1) is 0 Å². The predicted molar refractivity (Wildman–Crippen MR) is 308 cm³/mol. The molecule has 3 aliphatic carbocycles. The van der Waals surface area contributed by atoms with Crippen LogP contribution in [0, 0.1) is 17.8 Å². The van der Waals surface area contributed by atoms with Crippen LogP contribution < -0.4 is 13.7 Å². The molecular weight excluding hydrogens is 1050 g/mol. The number of hydrogen-bond donors (Lipinski definition) is 3. The average molecular weight is 1120 g/mol. The number of halogens is 3. The summed E-state index contributed by atoms with van der Waals surface area (Å²) >= 11 is 0. The Kier molecular flexibility index (Phi) is 19.7. The van der Waals surface area contributed by atoms with Gasteiger partial charge in [-0.3, -0.25) is 9.97 Å². The SMILES string of the molecule is O=S(=O)(Oc1ccc(C(c2ccc(OCc3ccccn3)cc2)C2CCCC2)cc1)C(F)(F)F.Oc1ccc(C(c2ccc(O)cc2)C2CCCC2)cc1.Oc1ccc(C(c2ccc(OCc3ccccn3)cc2)C2CCCC2)cc1. The van der Waals surface area contributed by atoms with Gasteiger partial charge >= 0.3 is 15.6 Å². The maximum atomic E-state index is 12.6. The monoisotopic (exact) mass is 1120 g/mol. The lowest BCUT2D eigenvalue weighted by molar-refractivity contribution is -0.0500. The normalized spacial score (nSPS) is 15.7. The van der Waals surface area contributed by atoms with Gasteiger partial charge < -0.3 is 29.0 Å². The van der Waals surface area contributed by atoms with Crippen molar-refractivity contribution in [3.05, 3.63) is 239 Å². The number of aromatic nitrogens is 2. The summed E-state index contributed by atoms with van der Waals surface area (Å²) in [7, 11) is -5.70. The minimum Gasteiger partial charge on any atom is -0.508 e. The third-order valence-corrected chi connectivity index (χ3v) is 16.8. The largest absolute Gasteiger partial charge is 0.534 e. The molecule has 10 nitrogen and oxygen atoms in total. The molecule has 2 aromatic heterocycles. The van der Waals surface area contributed by atoms with E-state index in [1.807, 2.05) is 84.9 Å². The lowest BCUT2D eigenvalue weighted by Gasteiger charge is -2.25. The summed E-state index contributed by atoms with van der Waals surface area (Å²) in [4.78, 5) is 8.53. The van der Waals surface area contributed by atoms with Crippen molar-refractivity contribution in [3.8, 4) is 34.5 Å². The van der Waals surface area contributed by atoms with Crippen LogP contribution in [0.25, 0.3) is 0 Å². The van der Waals surface area contributed by atoms with Crippen molar-refractivity contribution >= 4 is 10.1 Å². The van der Waals surface area contributed by atoms with Crippen LogP contribution in [0.5, 0.6) is 34.5 Å². The number of phenols is 3. The van der Waals surface area contributed by atoms with Crippen molar-refractivity contribution < 1.29 is 50.6 Å². The van der Waals surface area contributed by atoms with Gasteiger partial charge in [-0.2, -0.15) is 21.6 Å². The standard InChI is InChI=1S/C25H24F3NO4S.C24H25NO2.C18H20O2/c26-25(27,28)34(30,31)33-23-14-10-20(11-15-23)24(18-5-1-2-6-18)19-8-12-22(13-9-19)32-17-21-7-3-4-16-29-21;26-22-12-8-19(9-13-22)24(18-5-1-2-6-18)20-10-14-23(15-11-20)27-17-21-7-3-4-16-25-21;19-16-9-5-14(6-10-16)18(13-3-1-2-4-13)15-7-11-17(20)12-8-15/h3-4,7-16,18,24H,1-2,5-6,17H2;3-4,7-16,18,24,26H,1-2,5-6,17H2;5-13,18-20H,1-4H2. The second-order valence-electron chi connectivity index (χ2n) is 21.3. The predicted octanol–water partition coefficient (Wildman–Crippen LogP) is 16.3. The number of benzene rings is 6. The maximum absolute atomic E-state index is 12.6. The lowest BCUT2D eigenvalue weighted by atomic mass is 9.80. The summed E-state index contributed by atoms with van der Waals surface area (Å²) in [5, 5.41) is 28.6. The Morgan fingerprint density at radius 2 is 0.679 bits per heavy atom. The molecule has 0 aliphatic heterocycles. The minimum absolute atomic E-state index is 0.0283.